The molecule has 1 atom stereocenters. The molecule has 1 N–H and O–H groups in total. The Kier molecular flexibility index (Phi) is 4.27. The van der Waals surface area contributed by atoms with E-state index in [-0.39, 0.29) is 0 Å². The molecular weight excluding hydrogens is 278 g/mol. The Labute approximate surface area is 131 Å². The third kappa shape index (κ3) is 2.70. The van der Waals surface area contributed by atoms with E-state index >= 15 is 0 Å². The van der Waals surface area contributed by atoms with Gasteiger partial charge in [0.1, 0.15) is 0 Å². The highest BCUT2D eigenvalue weighted by molar-refractivity contribution is 7.15. The minimum Gasteiger partial charge on any atom is -0.318 e. The zero-order valence-corrected chi connectivity index (χ0v) is 13.8. The minimum atomic E-state index is 0.425. The third-order valence-corrected chi connectivity index (χ3v) is 5.40. The Bertz CT molecular complexity index is 620. The van der Waals surface area contributed by atoms with Gasteiger partial charge in [-0.1, -0.05) is 18.2 Å². The SMILES string of the molecule is CCN(c1nc2c(s1)CCCC2NC)c1ccccc1C. The van der Waals surface area contributed by atoms with Gasteiger partial charge < -0.3 is 10.2 Å². The van der Waals surface area contributed by atoms with E-state index in [1.807, 2.05) is 18.4 Å². The van der Waals surface area contributed by atoms with Crippen molar-refractivity contribution >= 4 is 22.2 Å². The molecule has 0 aliphatic heterocycles. The molecule has 1 aromatic carbocycles. The lowest BCUT2D eigenvalue weighted by Crippen LogP contribution is -2.21. The molecular formula is C17H23N3S. The van der Waals surface area contributed by atoms with Crippen molar-refractivity contribution in [3.8, 4) is 0 Å². The number of hydrogen-bond donors (Lipinski definition) is 1. The van der Waals surface area contributed by atoms with Crippen LogP contribution < -0.4 is 10.2 Å². The van der Waals surface area contributed by atoms with Crippen molar-refractivity contribution in [3.63, 3.8) is 0 Å². The van der Waals surface area contributed by atoms with Gasteiger partial charge in [-0.05, 0) is 51.8 Å². The first kappa shape index (κ1) is 14.5. The normalized spacial score (nSPS) is 17.6. The maximum atomic E-state index is 4.97. The van der Waals surface area contributed by atoms with Gasteiger partial charge in [-0.3, -0.25) is 0 Å². The molecule has 0 radical (unpaired) electrons. The van der Waals surface area contributed by atoms with E-state index in [9.17, 15) is 0 Å². The number of benzene rings is 1. The van der Waals surface area contributed by atoms with Gasteiger partial charge in [-0.25, -0.2) is 4.98 Å². The van der Waals surface area contributed by atoms with Crippen LogP contribution in [0.2, 0.25) is 0 Å². The van der Waals surface area contributed by atoms with Crippen LogP contribution in [0.3, 0.4) is 0 Å². The Morgan fingerprint density at radius 1 is 1.38 bits per heavy atom. The number of anilines is 2. The quantitative estimate of drug-likeness (QED) is 0.917. The summed E-state index contributed by atoms with van der Waals surface area (Å²) in [5.74, 6) is 0. The van der Waals surface area contributed by atoms with Gasteiger partial charge in [0, 0.05) is 17.1 Å². The number of hydrogen-bond acceptors (Lipinski definition) is 4. The summed E-state index contributed by atoms with van der Waals surface area (Å²) in [5, 5.41) is 4.55. The lowest BCUT2D eigenvalue weighted by molar-refractivity contribution is 0.490. The van der Waals surface area contributed by atoms with Gasteiger partial charge in [0.25, 0.3) is 0 Å². The Morgan fingerprint density at radius 2 is 2.19 bits per heavy atom. The number of para-hydroxylation sites is 1. The molecule has 3 nitrogen and oxygen atoms in total. The molecule has 0 fully saturated rings. The fraction of sp³-hybridized carbons (Fsp3) is 0.471. The molecule has 1 aliphatic rings. The van der Waals surface area contributed by atoms with Crippen LogP contribution in [0.15, 0.2) is 24.3 Å². The zero-order chi connectivity index (χ0) is 14.8. The summed E-state index contributed by atoms with van der Waals surface area (Å²) in [6, 6.07) is 8.98. The molecule has 0 saturated heterocycles. The van der Waals surface area contributed by atoms with Crippen molar-refractivity contribution < 1.29 is 0 Å². The molecule has 0 bridgehead atoms. The van der Waals surface area contributed by atoms with Gasteiger partial charge in [0.2, 0.25) is 0 Å². The molecule has 2 aromatic rings. The smallest absolute Gasteiger partial charge is 0.190 e. The van der Waals surface area contributed by atoms with Crippen molar-refractivity contribution in [2.45, 2.75) is 39.2 Å². The second kappa shape index (κ2) is 6.16. The van der Waals surface area contributed by atoms with Gasteiger partial charge >= 0.3 is 0 Å². The fourth-order valence-corrected chi connectivity index (χ4v) is 4.32. The largest absolute Gasteiger partial charge is 0.318 e. The first-order valence-electron chi connectivity index (χ1n) is 7.74. The highest BCUT2D eigenvalue weighted by atomic mass is 32.1. The maximum Gasteiger partial charge on any atom is 0.190 e. The molecule has 1 aliphatic carbocycles. The molecule has 1 aromatic heterocycles. The number of rotatable bonds is 4. The van der Waals surface area contributed by atoms with Crippen molar-refractivity contribution in [2.24, 2.45) is 0 Å². The average molecular weight is 301 g/mol. The van der Waals surface area contributed by atoms with Crippen LogP contribution in [0.4, 0.5) is 10.8 Å². The van der Waals surface area contributed by atoms with E-state index < -0.39 is 0 Å². The summed E-state index contributed by atoms with van der Waals surface area (Å²) in [4.78, 5) is 8.77. The maximum absolute atomic E-state index is 4.97. The molecule has 1 heterocycles. The van der Waals surface area contributed by atoms with Gasteiger partial charge in [0.15, 0.2) is 5.13 Å². The Balaban J connectivity index is 1.99. The van der Waals surface area contributed by atoms with E-state index in [1.165, 1.54) is 41.1 Å². The zero-order valence-electron chi connectivity index (χ0n) is 13.0. The van der Waals surface area contributed by atoms with Gasteiger partial charge in [-0.15, -0.1) is 11.3 Å². The summed E-state index contributed by atoms with van der Waals surface area (Å²) in [6.07, 6.45) is 3.64. The molecule has 21 heavy (non-hydrogen) atoms. The second-order valence-corrected chi connectivity index (χ2v) is 6.63. The highest BCUT2D eigenvalue weighted by Crippen LogP contribution is 2.39. The molecule has 0 amide bonds. The Morgan fingerprint density at radius 3 is 2.90 bits per heavy atom. The van der Waals surface area contributed by atoms with Crippen molar-refractivity contribution in [1.29, 1.82) is 0 Å². The van der Waals surface area contributed by atoms with E-state index in [0.29, 0.717) is 6.04 Å². The number of nitrogens with zero attached hydrogens (tertiary/aromatic N) is 2. The summed E-state index contributed by atoms with van der Waals surface area (Å²) in [7, 11) is 2.04. The monoisotopic (exact) mass is 301 g/mol. The number of nitrogens with one attached hydrogen (secondary N) is 1. The van der Waals surface area contributed by atoms with Crippen LogP contribution >= 0.6 is 11.3 Å². The fourth-order valence-electron chi connectivity index (χ4n) is 3.08. The first-order valence-corrected chi connectivity index (χ1v) is 8.56. The number of thiazole rings is 1. The molecule has 1 unspecified atom stereocenters. The lowest BCUT2D eigenvalue weighted by atomic mass is 9.98. The summed E-state index contributed by atoms with van der Waals surface area (Å²) in [5.41, 5.74) is 3.85. The van der Waals surface area contributed by atoms with Gasteiger partial charge in [0.05, 0.1) is 11.7 Å². The van der Waals surface area contributed by atoms with Crippen molar-refractivity contribution in [3.05, 3.63) is 40.4 Å². The van der Waals surface area contributed by atoms with Crippen LogP contribution in [0.25, 0.3) is 0 Å². The van der Waals surface area contributed by atoms with Crippen molar-refractivity contribution in [1.82, 2.24) is 10.3 Å². The Hall–Kier alpha value is -1.39. The molecule has 112 valence electrons. The standard InChI is InChI=1S/C17H23N3S/c1-4-20(14-10-6-5-8-12(14)2)17-19-16-13(18-3)9-7-11-15(16)21-17/h5-6,8,10,13,18H,4,7,9,11H2,1-3H3. The first-order chi connectivity index (χ1) is 10.2. The van der Waals surface area contributed by atoms with E-state index in [2.05, 4.69) is 48.3 Å². The number of aryl methyl sites for hydroxylation is 2. The van der Waals surface area contributed by atoms with Crippen LogP contribution in [0.1, 0.15) is 41.9 Å². The topological polar surface area (TPSA) is 28.2 Å². The summed E-state index contributed by atoms with van der Waals surface area (Å²) in [6.45, 7) is 5.31. The predicted molar refractivity (Wildman–Crippen MR) is 90.7 cm³/mol. The summed E-state index contributed by atoms with van der Waals surface area (Å²) >= 11 is 1.87. The van der Waals surface area contributed by atoms with E-state index in [1.54, 1.807) is 0 Å². The second-order valence-electron chi connectivity index (χ2n) is 5.57. The lowest BCUT2D eigenvalue weighted by Gasteiger charge is -2.22. The van der Waals surface area contributed by atoms with Crippen LogP contribution in [0.5, 0.6) is 0 Å². The average Bonchev–Trinajstić information content (AvgIpc) is 2.93. The van der Waals surface area contributed by atoms with Crippen molar-refractivity contribution in [2.75, 3.05) is 18.5 Å². The van der Waals surface area contributed by atoms with Crippen LogP contribution in [0, 0.1) is 6.92 Å². The van der Waals surface area contributed by atoms with E-state index in [4.69, 9.17) is 4.98 Å². The highest BCUT2D eigenvalue weighted by Gasteiger charge is 2.25. The van der Waals surface area contributed by atoms with E-state index in [0.717, 1.165) is 11.7 Å². The summed E-state index contributed by atoms with van der Waals surface area (Å²) < 4.78 is 0. The molecule has 3 rings (SSSR count). The third-order valence-electron chi connectivity index (χ3n) is 4.24. The van der Waals surface area contributed by atoms with Crippen LogP contribution in [-0.2, 0) is 6.42 Å². The number of fused-ring (bicyclic) bond motifs is 1. The van der Waals surface area contributed by atoms with Gasteiger partial charge in [-0.2, -0.15) is 0 Å². The predicted octanol–water partition coefficient (Wildman–Crippen LogP) is 4.21. The van der Waals surface area contributed by atoms with Crippen LogP contribution in [-0.4, -0.2) is 18.6 Å². The molecule has 0 saturated carbocycles. The minimum absolute atomic E-state index is 0.425. The number of aromatic nitrogens is 1. The molecule has 4 heteroatoms. The molecule has 0 spiro atoms.